The Morgan fingerprint density at radius 2 is 1.93 bits per heavy atom. The summed E-state index contributed by atoms with van der Waals surface area (Å²) in [7, 11) is 1.86. The van der Waals surface area contributed by atoms with Crippen molar-refractivity contribution >= 4 is 43.6 Å². The van der Waals surface area contributed by atoms with Gasteiger partial charge in [0.15, 0.2) is 22.3 Å². The van der Waals surface area contributed by atoms with Crippen LogP contribution in [0.15, 0.2) is 18.2 Å². The predicted molar refractivity (Wildman–Crippen MR) is 114 cm³/mol. The molecule has 4 heterocycles. The molecule has 0 radical (unpaired) electrons. The van der Waals surface area contributed by atoms with Gasteiger partial charge in [-0.1, -0.05) is 11.3 Å². The minimum Gasteiger partial charge on any atom is -0.486 e. The molecule has 1 fully saturated rings. The van der Waals surface area contributed by atoms with Crippen LogP contribution in [0.25, 0.3) is 21.3 Å². The molecule has 0 spiro atoms. The minimum absolute atomic E-state index is 0.197. The van der Waals surface area contributed by atoms with Crippen molar-refractivity contribution in [3.63, 3.8) is 0 Å². The topological polar surface area (TPSA) is 91.2 Å². The van der Waals surface area contributed by atoms with Gasteiger partial charge in [0.2, 0.25) is 0 Å². The summed E-state index contributed by atoms with van der Waals surface area (Å²) < 4.78 is 14.0. The second-order valence-corrected chi connectivity index (χ2v) is 8.74. The van der Waals surface area contributed by atoms with E-state index in [0.717, 1.165) is 45.5 Å². The number of carbonyl (C=O) groups is 1. The van der Waals surface area contributed by atoms with Gasteiger partial charge in [-0.25, -0.2) is 9.97 Å². The van der Waals surface area contributed by atoms with E-state index in [0.29, 0.717) is 41.3 Å². The fourth-order valence-corrected chi connectivity index (χ4v) is 4.79. The molecule has 4 aromatic rings. The van der Waals surface area contributed by atoms with Crippen molar-refractivity contribution in [3.05, 3.63) is 35.2 Å². The van der Waals surface area contributed by atoms with Crippen LogP contribution in [0.3, 0.4) is 0 Å². The maximum atomic E-state index is 13.3. The number of anilines is 1. The van der Waals surface area contributed by atoms with Gasteiger partial charge in [-0.05, 0) is 25.8 Å². The first kappa shape index (κ1) is 17.6. The van der Waals surface area contributed by atoms with Crippen molar-refractivity contribution in [1.29, 1.82) is 0 Å². The van der Waals surface area contributed by atoms with E-state index in [1.165, 1.54) is 11.3 Å². The van der Waals surface area contributed by atoms with Crippen LogP contribution >= 0.6 is 11.3 Å². The maximum absolute atomic E-state index is 13.3. The Morgan fingerprint density at radius 3 is 2.70 bits per heavy atom. The summed E-state index contributed by atoms with van der Waals surface area (Å²) in [5.74, 6) is 1.64. The van der Waals surface area contributed by atoms with Crippen LogP contribution in [-0.4, -0.2) is 38.9 Å². The molecule has 0 unspecified atom stereocenters. The first-order valence-electron chi connectivity index (χ1n) is 9.92. The molecular weight excluding hydrogens is 402 g/mol. The molecule has 1 aliphatic carbocycles. The summed E-state index contributed by atoms with van der Waals surface area (Å²) in [5.41, 5.74) is 3.86. The lowest BCUT2D eigenvalue weighted by atomic mass is 10.1. The molecular formula is C21H19N5O3S. The molecule has 30 heavy (non-hydrogen) atoms. The molecule has 1 saturated carbocycles. The molecule has 1 aliphatic heterocycles. The number of carbonyl (C=O) groups excluding carboxylic acids is 1. The third-order valence-electron chi connectivity index (χ3n) is 5.50. The standard InChI is InChI=1S/C21H19N5O3S/c1-10-18-12(7-13(11-3-4-11)22-19(18)26(2)25-10)20(27)24-21-23-14-8-15-16(9-17(14)30-21)29-6-5-28-15/h7-9,11H,3-6H2,1-2H3,(H,23,24,27). The number of nitrogens with one attached hydrogen (secondary N) is 1. The molecule has 0 bridgehead atoms. The Hall–Kier alpha value is -3.20. The summed E-state index contributed by atoms with van der Waals surface area (Å²) in [6.45, 7) is 2.96. The van der Waals surface area contributed by atoms with Gasteiger partial charge in [0.1, 0.15) is 13.2 Å². The van der Waals surface area contributed by atoms with Crippen LogP contribution < -0.4 is 14.8 Å². The maximum Gasteiger partial charge on any atom is 0.258 e. The molecule has 8 nitrogen and oxygen atoms in total. The number of fused-ring (bicyclic) bond motifs is 3. The van der Waals surface area contributed by atoms with Gasteiger partial charge in [0.05, 0.1) is 26.9 Å². The zero-order valence-electron chi connectivity index (χ0n) is 16.6. The van der Waals surface area contributed by atoms with Crippen LogP contribution in [-0.2, 0) is 7.05 Å². The summed E-state index contributed by atoms with van der Waals surface area (Å²) in [6.07, 6.45) is 2.23. The molecule has 9 heteroatoms. The highest BCUT2D eigenvalue weighted by molar-refractivity contribution is 7.22. The zero-order valence-corrected chi connectivity index (χ0v) is 17.4. The summed E-state index contributed by atoms with van der Waals surface area (Å²) in [5, 5.41) is 8.78. The highest BCUT2D eigenvalue weighted by atomic mass is 32.1. The number of hydrogen-bond acceptors (Lipinski definition) is 7. The van der Waals surface area contributed by atoms with Crippen LogP contribution in [0.2, 0.25) is 0 Å². The Morgan fingerprint density at radius 1 is 1.17 bits per heavy atom. The van der Waals surface area contributed by atoms with Gasteiger partial charge in [0.25, 0.3) is 5.91 Å². The normalized spacial score (nSPS) is 15.7. The number of benzene rings is 1. The number of pyridine rings is 1. The number of ether oxygens (including phenoxy) is 2. The van der Waals surface area contributed by atoms with E-state index in [1.54, 1.807) is 4.68 Å². The Kier molecular flexibility index (Phi) is 3.76. The molecule has 1 aromatic carbocycles. The van der Waals surface area contributed by atoms with E-state index in [1.807, 2.05) is 32.2 Å². The average molecular weight is 421 g/mol. The number of nitrogens with zero attached hydrogens (tertiary/aromatic N) is 4. The van der Waals surface area contributed by atoms with Crippen molar-refractivity contribution in [2.75, 3.05) is 18.5 Å². The van der Waals surface area contributed by atoms with Crippen molar-refractivity contribution in [2.45, 2.75) is 25.7 Å². The van der Waals surface area contributed by atoms with Crippen molar-refractivity contribution in [2.24, 2.45) is 7.05 Å². The van der Waals surface area contributed by atoms with Crippen LogP contribution in [0.4, 0.5) is 5.13 Å². The lowest BCUT2D eigenvalue weighted by Gasteiger charge is -2.17. The number of aryl methyl sites for hydroxylation is 2. The summed E-state index contributed by atoms with van der Waals surface area (Å²) in [4.78, 5) is 22.6. The third-order valence-corrected chi connectivity index (χ3v) is 6.44. The monoisotopic (exact) mass is 421 g/mol. The van der Waals surface area contributed by atoms with E-state index in [-0.39, 0.29) is 5.91 Å². The van der Waals surface area contributed by atoms with E-state index in [4.69, 9.17) is 14.5 Å². The largest absolute Gasteiger partial charge is 0.486 e. The van der Waals surface area contributed by atoms with E-state index >= 15 is 0 Å². The lowest BCUT2D eigenvalue weighted by Crippen LogP contribution is -2.15. The molecule has 1 N–H and O–H groups in total. The van der Waals surface area contributed by atoms with Gasteiger partial charge in [-0.2, -0.15) is 5.10 Å². The van der Waals surface area contributed by atoms with Crippen molar-refractivity contribution in [1.82, 2.24) is 19.7 Å². The number of thiazole rings is 1. The van der Waals surface area contributed by atoms with Gasteiger partial charge in [-0.15, -0.1) is 0 Å². The summed E-state index contributed by atoms with van der Waals surface area (Å²) >= 11 is 1.42. The number of aromatic nitrogens is 4. The SMILES string of the molecule is Cc1nn(C)c2nc(C3CC3)cc(C(=O)Nc3nc4cc5c(cc4s3)OCCO5)c12. The third kappa shape index (κ3) is 2.80. The Bertz CT molecular complexity index is 1290. The van der Waals surface area contributed by atoms with Crippen LogP contribution in [0, 0.1) is 6.92 Å². The lowest BCUT2D eigenvalue weighted by molar-refractivity contribution is 0.102. The van der Waals surface area contributed by atoms with Gasteiger partial charge < -0.3 is 9.47 Å². The molecule has 152 valence electrons. The second-order valence-electron chi connectivity index (χ2n) is 7.71. The van der Waals surface area contributed by atoms with E-state index < -0.39 is 0 Å². The molecule has 0 atom stereocenters. The number of hydrogen-bond donors (Lipinski definition) is 1. The second kappa shape index (κ2) is 6.40. The van der Waals surface area contributed by atoms with E-state index in [2.05, 4.69) is 15.4 Å². The van der Waals surface area contributed by atoms with Gasteiger partial charge >= 0.3 is 0 Å². The smallest absolute Gasteiger partial charge is 0.258 e. The fraction of sp³-hybridized carbons (Fsp3) is 0.333. The van der Waals surface area contributed by atoms with E-state index in [9.17, 15) is 4.79 Å². The molecule has 1 amide bonds. The molecule has 6 rings (SSSR count). The van der Waals surface area contributed by atoms with Crippen LogP contribution in [0.1, 0.15) is 40.5 Å². The first-order chi connectivity index (χ1) is 14.6. The quantitative estimate of drug-likeness (QED) is 0.541. The minimum atomic E-state index is -0.197. The number of rotatable bonds is 3. The first-order valence-corrected chi connectivity index (χ1v) is 10.7. The molecule has 2 aliphatic rings. The summed E-state index contributed by atoms with van der Waals surface area (Å²) in [6, 6.07) is 5.69. The molecule has 0 saturated heterocycles. The highest BCUT2D eigenvalue weighted by Crippen LogP contribution is 2.41. The number of amides is 1. The van der Waals surface area contributed by atoms with Gasteiger partial charge in [0, 0.05) is 30.8 Å². The zero-order chi connectivity index (χ0) is 20.4. The fourth-order valence-electron chi connectivity index (χ4n) is 3.91. The average Bonchev–Trinajstić information content (AvgIpc) is 3.45. The van der Waals surface area contributed by atoms with Gasteiger partial charge in [-0.3, -0.25) is 14.8 Å². The van der Waals surface area contributed by atoms with Crippen molar-refractivity contribution in [3.8, 4) is 11.5 Å². The predicted octanol–water partition coefficient (Wildman–Crippen LogP) is 3.79. The highest BCUT2D eigenvalue weighted by Gasteiger charge is 2.28. The van der Waals surface area contributed by atoms with Crippen molar-refractivity contribution < 1.29 is 14.3 Å². The Balaban J connectivity index is 1.39. The van der Waals surface area contributed by atoms with Crippen LogP contribution in [0.5, 0.6) is 11.5 Å². The Labute approximate surface area is 175 Å². The molecule has 3 aromatic heterocycles.